The number of pyridine rings is 1. The van der Waals surface area contributed by atoms with Crippen molar-refractivity contribution in [2.24, 2.45) is 0 Å². The fraction of sp³-hybridized carbons (Fsp3) is 0.280. The molecule has 1 aliphatic carbocycles. The minimum atomic E-state index is -0.721. The van der Waals surface area contributed by atoms with Crippen LogP contribution >= 0.6 is 0 Å². The van der Waals surface area contributed by atoms with Crippen molar-refractivity contribution in [1.29, 1.82) is 5.26 Å². The van der Waals surface area contributed by atoms with Gasteiger partial charge in [0.25, 0.3) is 11.4 Å². The van der Waals surface area contributed by atoms with E-state index >= 15 is 0 Å². The molecule has 0 atom stereocenters. The van der Waals surface area contributed by atoms with Gasteiger partial charge in [-0.3, -0.25) is 18.7 Å². The number of rotatable bonds is 5. The fourth-order valence-electron chi connectivity index (χ4n) is 5.03. The highest BCUT2D eigenvalue weighted by molar-refractivity contribution is 5.87. The largest absolute Gasteiger partial charge is 0.370 e. The minimum Gasteiger partial charge on any atom is -0.370 e. The van der Waals surface area contributed by atoms with Gasteiger partial charge < -0.3 is 9.26 Å². The van der Waals surface area contributed by atoms with Gasteiger partial charge in [-0.2, -0.15) is 10.2 Å². The molecule has 1 fully saturated rings. The van der Waals surface area contributed by atoms with Gasteiger partial charge in [0, 0.05) is 13.3 Å². The molecule has 0 amide bonds. The molecule has 180 valence electrons. The third-order valence-corrected chi connectivity index (χ3v) is 6.85. The molecule has 0 saturated heterocycles. The van der Waals surface area contributed by atoms with E-state index in [9.17, 15) is 14.4 Å². The lowest BCUT2D eigenvalue weighted by atomic mass is 10.0. The summed E-state index contributed by atoms with van der Waals surface area (Å²) in [5.41, 5.74) is 0.169. The van der Waals surface area contributed by atoms with Crippen molar-refractivity contribution in [2.45, 2.75) is 37.8 Å². The molecule has 10 nitrogen and oxygen atoms in total. The predicted molar refractivity (Wildman–Crippen MR) is 125 cm³/mol. The first-order valence-corrected chi connectivity index (χ1v) is 11.5. The van der Waals surface area contributed by atoms with Gasteiger partial charge in [-0.15, -0.1) is 0 Å². The number of ether oxygens (including phenoxy) is 1. The van der Waals surface area contributed by atoms with E-state index in [2.05, 4.69) is 20.1 Å². The number of nitrogens with zero attached hydrogens (tertiary/aromatic N) is 7. The molecule has 1 saturated carbocycles. The number of halogens is 1. The van der Waals surface area contributed by atoms with E-state index in [0.29, 0.717) is 17.0 Å². The zero-order valence-electron chi connectivity index (χ0n) is 19.3. The first-order chi connectivity index (χ1) is 17.6. The Morgan fingerprint density at radius 3 is 2.75 bits per heavy atom. The standard InChI is InChI=1S/C25H20FN7O3/c1-35-25(9-3-4-10-25)24-30-22(36-31-24)19-21-23(34)32(13-15-6-2-5-11-28-15)20-16(12-27)17(26)7-8-18(20)33(21)14-29-19/h2,5-8,11,14H,3-4,9-10,13H2,1H3. The molecule has 1 aromatic carbocycles. The molecule has 0 N–H and O–H groups in total. The SMILES string of the molecule is COC1(c2noc(-c3ncn4c3c(=O)n(Cc3ccccn3)c3c(C#N)c(F)ccc34)n2)CCCC1. The third-order valence-electron chi connectivity index (χ3n) is 6.85. The average Bonchev–Trinajstić information content (AvgIpc) is 3.66. The smallest absolute Gasteiger partial charge is 0.279 e. The van der Waals surface area contributed by atoms with Gasteiger partial charge in [-0.25, -0.2) is 9.37 Å². The zero-order valence-corrected chi connectivity index (χ0v) is 19.3. The van der Waals surface area contributed by atoms with Crippen LogP contribution in [0.5, 0.6) is 0 Å². The fourth-order valence-corrected chi connectivity index (χ4v) is 5.03. The Morgan fingerprint density at radius 2 is 2.03 bits per heavy atom. The topological polar surface area (TPSA) is 124 Å². The van der Waals surface area contributed by atoms with Crippen LogP contribution in [0.15, 0.2) is 52.2 Å². The Morgan fingerprint density at radius 1 is 1.19 bits per heavy atom. The minimum absolute atomic E-state index is 0.0251. The first-order valence-electron chi connectivity index (χ1n) is 11.5. The summed E-state index contributed by atoms with van der Waals surface area (Å²) in [5, 5.41) is 13.9. The second-order valence-electron chi connectivity index (χ2n) is 8.75. The number of benzene rings is 1. The van der Waals surface area contributed by atoms with Crippen LogP contribution in [-0.4, -0.2) is 36.2 Å². The highest BCUT2D eigenvalue weighted by Crippen LogP contribution is 2.40. The van der Waals surface area contributed by atoms with E-state index in [1.165, 1.54) is 27.4 Å². The molecule has 11 heteroatoms. The second kappa shape index (κ2) is 8.35. The van der Waals surface area contributed by atoms with Crippen LogP contribution < -0.4 is 5.56 Å². The van der Waals surface area contributed by atoms with E-state index in [0.717, 1.165) is 25.7 Å². The van der Waals surface area contributed by atoms with E-state index in [1.807, 2.05) is 6.07 Å². The van der Waals surface area contributed by atoms with Crippen molar-refractivity contribution in [3.8, 4) is 17.7 Å². The zero-order chi connectivity index (χ0) is 24.9. The summed E-state index contributed by atoms with van der Waals surface area (Å²) in [7, 11) is 1.63. The Bertz CT molecular complexity index is 1710. The number of nitriles is 1. The third kappa shape index (κ3) is 3.22. The van der Waals surface area contributed by atoms with Gasteiger partial charge in [0.15, 0.2) is 5.69 Å². The van der Waals surface area contributed by atoms with Crippen LogP contribution in [-0.2, 0) is 16.9 Å². The maximum Gasteiger partial charge on any atom is 0.279 e. The van der Waals surface area contributed by atoms with Gasteiger partial charge in [0.1, 0.15) is 34.9 Å². The number of methoxy groups -OCH3 is 1. The van der Waals surface area contributed by atoms with Crippen molar-refractivity contribution >= 4 is 16.6 Å². The predicted octanol–water partition coefficient (Wildman–Crippen LogP) is 3.57. The van der Waals surface area contributed by atoms with Crippen LogP contribution in [0.2, 0.25) is 0 Å². The summed E-state index contributed by atoms with van der Waals surface area (Å²) in [6.07, 6.45) is 6.57. The van der Waals surface area contributed by atoms with Gasteiger partial charge in [0.05, 0.1) is 23.3 Å². The number of hydrogen-bond donors (Lipinski definition) is 0. The quantitative estimate of drug-likeness (QED) is 0.370. The van der Waals surface area contributed by atoms with Crippen LogP contribution in [0.3, 0.4) is 0 Å². The molecule has 0 aliphatic heterocycles. The Balaban J connectivity index is 1.61. The van der Waals surface area contributed by atoms with Crippen molar-refractivity contribution in [3.63, 3.8) is 0 Å². The molecule has 0 radical (unpaired) electrons. The Hall–Kier alpha value is -4.43. The molecule has 1 aliphatic rings. The molecule has 4 aromatic heterocycles. The molecule has 6 rings (SSSR count). The first kappa shape index (κ1) is 22.1. The maximum atomic E-state index is 14.6. The van der Waals surface area contributed by atoms with Crippen LogP contribution in [0.4, 0.5) is 4.39 Å². The Labute approximate surface area is 203 Å². The molecule has 0 unspecified atom stereocenters. The summed E-state index contributed by atoms with van der Waals surface area (Å²) < 4.78 is 28.8. The van der Waals surface area contributed by atoms with Crippen molar-refractivity contribution in [3.05, 3.63) is 76.1 Å². The summed E-state index contributed by atoms with van der Waals surface area (Å²) in [4.78, 5) is 27.2. The second-order valence-corrected chi connectivity index (χ2v) is 8.75. The van der Waals surface area contributed by atoms with E-state index < -0.39 is 17.0 Å². The molecule has 36 heavy (non-hydrogen) atoms. The number of fused-ring (bicyclic) bond motifs is 3. The number of imidazole rings is 1. The van der Waals surface area contributed by atoms with Crippen molar-refractivity contribution in [1.82, 2.24) is 29.1 Å². The molecule has 4 heterocycles. The van der Waals surface area contributed by atoms with Crippen LogP contribution in [0.1, 0.15) is 42.8 Å². The van der Waals surface area contributed by atoms with E-state index in [4.69, 9.17) is 9.26 Å². The summed E-state index contributed by atoms with van der Waals surface area (Å²) >= 11 is 0. The van der Waals surface area contributed by atoms with E-state index in [-0.39, 0.29) is 34.7 Å². The normalized spacial score (nSPS) is 15.0. The summed E-state index contributed by atoms with van der Waals surface area (Å²) in [6.45, 7) is 0.0251. The van der Waals surface area contributed by atoms with Gasteiger partial charge in [-0.05, 0) is 49.9 Å². The monoisotopic (exact) mass is 485 g/mol. The lowest BCUT2D eigenvalue weighted by Crippen LogP contribution is -2.26. The molecule has 5 aromatic rings. The van der Waals surface area contributed by atoms with Gasteiger partial charge in [-0.1, -0.05) is 11.2 Å². The van der Waals surface area contributed by atoms with Crippen LogP contribution in [0, 0.1) is 17.1 Å². The molecule has 0 spiro atoms. The highest BCUT2D eigenvalue weighted by atomic mass is 19.1. The van der Waals surface area contributed by atoms with Crippen LogP contribution in [0.25, 0.3) is 28.1 Å². The van der Waals surface area contributed by atoms with Crippen molar-refractivity contribution < 1.29 is 13.7 Å². The van der Waals surface area contributed by atoms with Gasteiger partial charge >= 0.3 is 0 Å². The summed E-state index contributed by atoms with van der Waals surface area (Å²) in [6, 6.07) is 9.90. The lowest BCUT2D eigenvalue weighted by Gasteiger charge is -2.22. The molecular weight excluding hydrogens is 465 g/mol. The van der Waals surface area contributed by atoms with Crippen molar-refractivity contribution in [2.75, 3.05) is 7.11 Å². The highest BCUT2D eigenvalue weighted by Gasteiger charge is 2.40. The number of hydrogen-bond acceptors (Lipinski definition) is 8. The molecular formula is C25H20FN7O3. The lowest BCUT2D eigenvalue weighted by molar-refractivity contribution is -0.0178. The maximum absolute atomic E-state index is 14.6. The number of aromatic nitrogens is 6. The Kier molecular flexibility index (Phi) is 5.12. The summed E-state index contributed by atoms with van der Waals surface area (Å²) in [5.74, 6) is -0.219. The van der Waals surface area contributed by atoms with Gasteiger partial charge in [0.2, 0.25) is 5.82 Å². The average molecular weight is 485 g/mol. The molecule has 0 bridgehead atoms. The van der Waals surface area contributed by atoms with E-state index in [1.54, 1.807) is 31.5 Å².